The Bertz CT molecular complexity index is 459. The molecule has 0 aliphatic carbocycles. The summed E-state index contributed by atoms with van der Waals surface area (Å²) in [6.45, 7) is 3.60. The lowest BCUT2D eigenvalue weighted by atomic mass is 10.3. The molecular formula is C14H19BrClNO4. The zero-order valence-corrected chi connectivity index (χ0v) is 14.4. The van der Waals surface area contributed by atoms with E-state index in [1.54, 1.807) is 32.2 Å². The van der Waals surface area contributed by atoms with Crippen LogP contribution < -0.4 is 10.1 Å². The molecule has 0 spiro atoms. The van der Waals surface area contributed by atoms with Crippen LogP contribution >= 0.6 is 27.5 Å². The average molecular weight is 381 g/mol. The molecule has 7 heteroatoms. The molecule has 0 bridgehead atoms. The summed E-state index contributed by atoms with van der Waals surface area (Å²) in [5.74, 6) is 0.366. The van der Waals surface area contributed by atoms with Gasteiger partial charge in [0, 0.05) is 18.7 Å². The van der Waals surface area contributed by atoms with Crippen molar-refractivity contribution in [1.29, 1.82) is 0 Å². The number of carbonyl (C=O) groups is 1. The molecule has 5 nitrogen and oxygen atoms in total. The second kappa shape index (κ2) is 10.00. The van der Waals surface area contributed by atoms with Crippen LogP contribution in [0.2, 0.25) is 5.02 Å². The lowest BCUT2D eigenvalue weighted by Gasteiger charge is -2.16. The predicted octanol–water partition coefficient (Wildman–Crippen LogP) is 2.65. The number of nitrogens with one attached hydrogen (secondary N) is 1. The lowest BCUT2D eigenvalue weighted by molar-refractivity contribution is -0.127. The van der Waals surface area contributed by atoms with Gasteiger partial charge in [-0.15, -0.1) is 0 Å². The molecular weight excluding hydrogens is 362 g/mol. The predicted molar refractivity (Wildman–Crippen MR) is 84.9 cm³/mol. The van der Waals surface area contributed by atoms with E-state index >= 15 is 0 Å². The number of hydrogen-bond donors (Lipinski definition) is 1. The molecule has 0 fully saturated rings. The van der Waals surface area contributed by atoms with E-state index in [9.17, 15) is 4.79 Å². The quantitative estimate of drug-likeness (QED) is 0.669. The summed E-state index contributed by atoms with van der Waals surface area (Å²) in [6, 6.07) is 5.13. The normalized spacial score (nSPS) is 12.0. The van der Waals surface area contributed by atoms with E-state index in [2.05, 4.69) is 21.2 Å². The number of hydrogen-bond acceptors (Lipinski definition) is 4. The van der Waals surface area contributed by atoms with Gasteiger partial charge in [0.2, 0.25) is 0 Å². The zero-order valence-electron chi connectivity index (χ0n) is 12.0. The number of benzene rings is 1. The molecule has 1 aromatic carbocycles. The maximum Gasteiger partial charge on any atom is 0.260 e. The van der Waals surface area contributed by atoms with E-state index < -0.39 is 6.10 Å². The fraction of sp³-hybridized carbons (Fsp3) is 0.500. The van der Waals surface area contributed by atoms with Crippen molar-refractivity contribution in [2.24, 2.45) is 0 Å². The molecule has 0 aliphatic rings. The molecule has 21 heavy (non-hydrogen) atoms. The van der Waals surface area contributed by atoms with E-state index in [1.165, 1.54) is 0 Å². The zero-order chi connectivity index (χ0) is 15.7. The van der Waals surface area contributed by atoms with Crippen LogP contribution in [0.1, 0.15) is 6.92 Å². The molecule has 0 saturated carbocycles. The maximum atomic E-state index is 11.9. The molecule has 0 radical (unpaired) electrons. The summed E-state index contributed by atoms with van der Waals surface area (Å²) >= 11 is 9.19. The number of methoxy groups -OCH3 is 1. The molecule has 0 heterocycles. The second-order valence-corrected chi connectivity index (χ2v) is 5.52. The van der Waals surface area contributed by atoms with Gasteiger partial charge in [-0.1, -0.05) is 11.6 Å². The van der Waals surface area contributed by atoms with Gasteiger partial charge in [0.05, 0.1) is 24.3 Å². The van der Waals surface area contributed by atoms with E-state index in [0.717, 1.165) is 0 Å². The Morgan fingerprint density at radius 2 is 2.14 bits per heavy atom. The lowest BCUT2D eigenvalue weighted by Crippen LogP contribution is -2.38. The van der Waals surface area contributed by atoms with Crippen molar-refractivity contribution >= 4 is 33.4 Å². The van der Waals surface area contributed by atoms with Gasteiger partial charge in [0.15, 0.2) is 6.10 Å². The first-order chi connectivity index (χ1) is 10.0. The Morgan fingerprint density at radius 1 is 1.38 bits per heavy atom. The molecule has 1 amide bonds. The summed E-state index contributed by atoms with van der Waals surface area (Å²) in [4.78, 5) is 11.9. The molecule has 1 aromatic rings. The van der Waals surface area contributed by atoms with Crippen molar-refractivity contribution in [1.82, 2.24) is 5.32 Å². The Kier molecular flexibility index (Phi) is 8.68. The standard InChI is InChI=1S/C14H19BrClNO4/c1-10(14(18)17-5-6-20-8-7-19-2)21-13-4-3-11(16)9-12(13)15/h3-4,9-10H,5-8H2,1-2H3,(H,17,18). The Morgan fingerprint density at radius 3 is 2.81 bits per heavy atom. The third kappa shape index (κ3) is 7.13. The minimum absolute atomic E-state index is 0.202. The van der Waals surface area contributed by atoms with Gasteiger partial charge >= 0.3 is 0 Å². The minimum atomic E-state index is -0.610. The van der Waals surface area contributed by atoms with Gasteiger partial charge in [0.25, 0.3) is 5.91 Å². The Labute approximate surface area is 138 Å². The summed E-state index contributed by atoms with van der Waals surface area (Å²) in [6.07, 6.45) is -0.610. The topological polar surface area (TPSA) is 56.8 Å². The van der Waals surface area contributed by atoms with Crippen LogP contribution in [-0.2, 0) is 14.3 Å². The third-order valence-corrected chi connectivity index (χ3v) is 3.40. The highest BCUT2D eigenvalue weighted by Gasteiger charge is 2.15. The van der Waals surface area contributed by atoms with Crippen molar-refractivity contribution in [2.75, 3.05) is 33.5 Å². The third-order valence-electron chi connectivity index (χ3n) is 2.54. The fourth-order valence-electron chi connectivity index (χ4n) is 1.45. The van der Waals surface area contributed by atoms with E-state index in [1.807, 2.05) is 0 Å². The monoisotopic (exact) mass is 379 g/mol. The summed E-state index contributed by atoms with van der Waals surface area (Å²) in [7, 11) is 1.61. The fourth-order valence-corrected chi connectivity index (χ4v) is 2.23. The number of carbonyl (C=O) groups excluding carboxylic acids is 1. The molecule has 1 N–H and O–H groups in total. The van der Waals surface area contributed by atoms with Gasteiger partial charge < -0.3 is 19.5 Å². The highest BCUT2D eigenvalue weighted by atomic mass is 79.9. The van der Waals surface area contributed by atoms with Crippen LogP contribution in [0.25, 0.3) is 0 Å². The summed E-state index contributed by atoms with van der Waals surface area (Å²) < 4.78 is 16.4. The largest absolute Gasteiger partial charge is 0.480 e. The Balaban J connectivity index is 2.30. The number of ether oxygens (including phenoxy) is 3. The van der Waals surface area contributed by atoms with Crippen molar-refractivity contribution in [3.05, 3.63) is 27.7 Å². The van der Waals surface area contributed by atoms with E-state index in [0.29, 0.717) is 41.6 Å². The highest BCUT2D eigenvalue weighted by Crippen LogP contribution is 2.28. The second-order valence-electron chi connectivity index (χ2n) is 4.23. The van der Waals surface area contributed by atoms with Crippen molar-refractivity contribution in [3.63, 3.8) is 0 Å². The number of halogens is 2. The van der Waals surface area contributed by atoms with Gasteiger partial charge in [-0.3, -0.25) is 4.79 Å². The van der Waals surface area contributed by atoms with E-state index in [4.69, 9.17) is 25.8 Å². The first kappa shape index (κ1) is 18.2. The highest BCUT2D eigenvalue weighted by molar-refractivity contribution is 9.10. The molecule has 118 valence electrons. The van der Waals surface area contributed by atoms with Crippen LogP contribution in [0, 0.1) is 0 Å². The van der Waals surface area contributed by atoms with Gasteiger partial charge in [-0.2, -0.15) is 0 Å². The number of rotatable bonds is 9. The van der Waals surface area contributed by atoms with Crippen LogP contribution in [0.5, 0.6) is 5.75 Å². The minimum Gasteiger partial charge on any atom is -0.480 e. The number of amides is 1. The van der Waals surface area contributed by atoms with Crippen molar-refractivity contribution in [3.8, 4) is 5.75 Å². The van der Waals surface area contributed by atoms with Gasteiger partial charge in [-0.05, 0) is 41.1 Å². The molecule has 0 aliphatic heterocycles. The molecule has 1 atom stereocenters. The maximum absolute atomic E-state index is 11.9. The molecule has 0 aromatic heterocycles. The molecule has 0 saturated heterocycles. The average Bonchev–Trinajstić information content (AvgIpc) is 2.45. The molecule has 1 rings (SSSR count). The smallest absolute Gasteiger partial charge is 0.260 e. The SMILES string of the molecule is COCCOCCNC(=O)C(C)Oc1ccc(Cl)cc1Br. The summed E-state index contributed by atoms with van der Waals surface area (Å²) in [5.41, 5.74) is 0. The van der Waals surface area contributed by atoms with Gasteiger partial charge in [0.1, 0.15) is 5.75 Å². The first-order valence-corrected chi connectivity index (χ1v) is 7.67. The van der Waals surface area contributed by atoms with Crippen LogP contribution in [-0.4, -0.2) is 45.5 Å². The molecule has 1 unspecified atom stereocenters. The van der Waals surface area contributed by atoms with Crippen LogP contribution in [0.4, 0.5) is 0 Å². The van der Waals surface area contributed by atoms with Crippen LogP contribution in [0.15, 0.2) is 22.7 Å². The van der Waals surface area contributed by atoms with E-state index in [-0.39, 0.29) is 5.91 Å². The van der Waals surface area contributed by atoms with Crippen LogP contribution in [0.3, 0.4) is 0 Å². The summed E-state index contributed by atoms with van der Waals surface area (Å²) in [5, 5.41) is 3.34. The Hall–Kier alpha value is -0.820. The van der Waals surface area contributed by atoms with Gasteiger partial charge in [-0.25, -0.2) is 0 Å². The first-order valence-electron chi connectivity index (χ1n) is 6.50. The van der Waals surface area contributed by atoms with Crippen molar-refractivity contribution < 1.29 is 19.0 Å². The van der Waals surface area contributed by atoms with Crippen molar-refractivity contribution in [2.45, 2.75) is 13.0 Å².